The zero-order valence-electron chi connectivity index (χ0n) is 18.0. The fourth-order valence-electron chi connectivity index (χ4n) is 4.17. The Balaban J connectivity index is 1.37. The number of rotatable bonds is 4. The zero-order valence-corrected chi connectivity index (χ0v) is 18.8. The summed E-state index contributed by atoms with van der Waals surface area (Å²) >= 11 is 1.72. The predicted octanol–water partition coefficient (Wildman–Crippen LogP) is 3.50. The molecule has 30 heavy (non-hydrogen) atoms. The molecule has 6 nitrogen and oxygen atoms in total. The van der Waals surface area contributed by atoms with E-state index >= 15 is 0 Å². The summed E-state index contributed by atoms with van der Waals surface area (Å²) in [5.41, 5.74) is 3.15. The number of aromatic nitrogens is 1. The molecule has 2 amide bonds. The van der Waals surface area contributed by atoms with Crippen LogP contribution in [0.15, 0.2) is 24.3 Å². The minimum atomic E-state index is -0.00757. The van der Waals surface area contributed by atoms with Crippen LogP contribution in [0.2, 0.25) is 0 Å². The molecule has 1 fully saturated rings. The molecule has 1 N–H and O–H groups in total. The molecule has 4 rings (SSSR count). The summed E-state index contributed by atoms with van der Waals surface area (Å²) < 4.78 is 0. The van der Waals surface area contributed by atoms with Gasteiger partial charge in [-0.15, -0.1) is 11.3 Å². The summed E-state index contributed by atoms with van der Waals surface area (Å²) in [7, 11) is 0. The first-order valence-electron chi connectivity index (χ1n) is 10.8. The highest BCUT2D eigenvalue weighted by Crippen LogP contribution is 2.35. The van der Waals surface area contributed by atoms with Gasteiger partial charge in [-0.1, -0.05) is 26.0 Å². The van der Waals surface area contributed by atoms with Gasteiger partial charge in [0.25, 0.3) is 0 Å². The smallest absolute Gasteiger partial charge is 0.227 e. The van der Waals surface area contributed by atoms with Crippen molar-refractivity contribution in [1.29, 1.82) is 0 Å². The number of fused-ring (bicyclic) bond motifs is 1. The molecule has 2 aromatic rings. The number of carbonyl (C=O) groups is 2. The van der Waals surface area contributed by atoms with Crippen molar-refractivity contribution >= 4 is 34.0 Å². The van der Waals surface area contributed by atoms with Gasteiger partial charge in [0.15, 0.2) is 5.13 Å². The van der Waals surface area contributed by atoms with Crippen LogP contribution in [0.4, 0.5) is 10.8 Å². The van der Waals surface area contributed by atoms with Gasteiger partial charge in [-0.2, -0.15) is 0 Å². The van der Waals surface area contributed by atoms with E-state index in [1.165, 1.54) is 4.88 Å². The van der Waals surface area contributed by atoms with Crippen LogP contribution in [0.3, 0.4) is 0 Å². The zero-order chi connectivity index (χ0) is 21.3. The summed E-state index contributed by atoms with van der Waals surface area (Å²) in [6, 6.07) is 7.93. The first-order valence-corrected chi connectivity index (χ1v) is 11.6. The highest BCUT2D eigenvalue weighted by molar-refractivity contribution is 7.15. The molecule has 0 saturated carbocycles. The van der Waals surface area contributed by atoms with Crippen molar-refractivity contribution in [3.63, 3.8) is 0 Å². The average Bonchev–Trinajstić information content (AvgIpc) is 3.16. The molecule has 0 radical (unpaired) electrons. The summed E-state index contributed by atoms with van der Waals surface area (Å²) in [5, 5.41) is 4.11. The number of hydrogen-bond donors (Lipinski definition) is 1. The van der Waals surface area contributed by atoms with Gasteiger partial charge < -0.3 is 15.1 Å². The van der Waals surface area contributed by atoms with Crippen LogP contribution >= 0.6 is 11.3 Å². The molecule has 160 valence electrons. The summed E-state index contributed by atoms with van der Waals surface area (Å²) in [5.74, 6) is 0.371. The number of anilines is 2. The number of hydrogen-bond acceptors (Lipinski definition) is 5. The quantitative estimate of drug-likeness (QED) is 0.813. The molecule has 2 aliphatic rings. The molecule has 1 aliphatic heterocycles. The average molecular weight is 427 g/mol. The Bertz CT molecular complexity index is 931. The molecule has 7 heteroatoms. The third-order valence-corrected chi connectivity index (χ3v) is 7.12. The number of amides is 2. The van der Waals surface area contributed by atoms with Crippen LogP contribution in [-0.2, 0) is 22.4 Å². The molecule has 0 spiro atoms. The van der Waals surface area contributed by atoms with E-state index in [2.05, 4.69) is 10.2 Å². The largest absolute Gasteiger partial charge is 0.345 e. The van der Waals surface area contributed by atoms with Crippen LogP contribution < -0.4 is 10.2 Å². The van der Waals surface area contributed by atoms with Gasteiger partial charge in [-0.3, -0.25) is 9.59 Å². The molecular weight excluding hydrogens is 396 g/mol. The van der Waals surface area contributed by atoms with Crippen molar-refractivity contribution in [3.8, 4) is 0 Å². The summed E-state index contributed by atoms with van der Waals surface area (Å²) in [6.45, 7) is 9.08. The lowest BCUT2D eigenvalue weighted by atomic mass is 9.90. The van der Waals surface area contributed by atoms with Crippen LogP contribution in [0, 0.1) is 18.8 Å². The van der Waals surface area contributed by atoms with Gasteiger partial charge in [0.1, 0.15) is 0 Å². The molecule has 1 atom stereocenters. The van der Waals surface area contributed by atoms with Crippen molar-refractivity contribution in [3.05, 3.63) is 40.4 Å². The number of carbonyl (C=O) groups excluding carboxylic acids is 2. The monoisotopic (exact) mass is 426 g/mol. The topological polar surface area (TPSA) is 65.5 Å². The second kappa shape index (κ2) is 8.76. The maximum atomic E-state index is 12.8. The predicted molar refractivity (Wildman–Crippen MR) is 121 cm³/mol. The summed E-state index contributed by atoms with van der Waals surface area (Å²) in [4.78, 5) is 35.3. The van der Waals surface area contributed by atoms with Crippen LogP contribution in [-0.4, -0.2) is 47.9 Å². The number of thiazole rings is 1. The Labute approximate surface area is 182 Å². The first-order chi connectivity index (χ1) is 14.4. The van der Waals surface area contributed by atoms with Gasteiger partial charge >= 0.3 is 0 Å². The second-order valence-corrected chi connectivity index (χ2v) is 9.69. The Hall–Kier alpha value is -2.41. The van der Waals surface area contributed by atoms with E-state index in [1.807, 2.05) is 49.9 Å². The molecule has 1 aliphatic carbocycles. The first kappa shape index (κ1) is 20.8. The van der Waals surface area contributed by atoms with Gasteiger partial charge in [0.05, 0.1) is 5.69 Å². The van der Waals surface area contributed by atoms with Crippen molar-refractivity contribution in [2.24, 2.45) is 11.8 Å². The minimum Gasteiger partial charge on any atom is -0.345 e. The molecule has 1 unspecified atom stereocenters. The maximum absolute atomic E-state index is 12.8. The molecule has 1 aromatic heterocycles. The number of benzene rings is 1. The van der Waals surface area contributed by atoms with Crippen LogP contribution in [0.1, 0.15) is 36.4 Å². The van der Waals surface area contributed by atoms with Gasteiger partial charge in [-0.25, -0.2) is 4.98 Å². The van der Waals surface area contributed by atoms with Crippen LogP contribution in [0.25, 0.3) is 0 Å². The lowest BCUT2D eigenvalue weighted by molar-refractivity contribution is -0.134. The van der Waals surface area contributed by atoms with Gasteiger partial charge in [0, 0.05) is 48.6 Å². The van der Waals surface area contributed by atoms with E-state index in [0.717, 1.165) is 67.5 Å². The standard InChI is InChI=1S/C23H30N4O2S/c1-15(2)22(29)26-9-11-27(12-10-26)23-25-19-8-7-17(14-20(19)30-23)21(28)24-18-6-4-5-16(3)13-18/h4-6,13,15,17H,7-12,14H2,1-3H3,(H,24,28). The maximum Gasteiger partial charge on any atom is 0.227 e. The normalized spacial score (nSPS) is 19.0. The van der Waals surface area contributed by atoms with E-state index < -0.39 is 0 Å². The molecule has 0 bridgehead atoms. The summed E-state index contributed by atoms with van der Waals surface area (Å²) in [6.07, 6.45) is 2.45. The lowest BCUT2D eigenvalue weighted by Crippen LogP contribution is -2.49. The number of aryl methyl sites for hydroxylation is 2. The van der Waals surface area contributed by atoms with E-state index in [1.54, 1.807) is 11.3 Å². The second-order valence-electron chi connectivity index (χ2n) is 8.63. The molecule has 1 saturated heterocycles. The fourth-order valence-corrected chi connectivity index (χ4v) is 5.41. The Morgan fingerprint density at radius 2 is 1.97 bits per heavy atom. The fraction of sp³-hybridized carbons (Fsp3) is 0.522. The Morgan fingerprint density at radius 1 is 1.20 bits per heavy atom. The molecule has 2 heterocycles. The van der Waals surface area contributed by atoms with Crippen molar-refractivity contribution < 1.29 is 9.59 Å². The van der Waals surface area contributed by atoms with Crippen LogP contribution in [0.5, 0.6) is 0 Å². The number of nitrogens with zero attached hydrogens (tertiary/aromatic N) is 3. The third kappa shape index (κ3) is 4.51. The number of nitrogens with one attached hydrogen (secondary N) is 1. The van der Waals surface area contributed by atoms with Gasteiger partial charge in [0.2, 0.25) is 11.8 Å². The van der Waals surface area contributed by atoms with E-state index in [9.17, 15) is 9.59 Å². The lowest BCUT2D eigenvalue weighted by Gasteiger charge is -2.35. The van der Waals surface area contributed by atoms with Crippen molar-refractivity contribution in [1.82, 2.24) is 9.88 Å². The Kier molecular flexibility index (Phi) is 6.09. The van der Waals surface area contributed by atoms with Crippen molar-refractivity contribution in [2.75, 3.05) is 36.4 Å². The minimum absolute atomic E-state index is 0.00757. The molecular formula is C23H30N4O2S. The Morgan fingerprint density at radius 3 is 2.67 bits per heavy atom. The SMILES string of the molecule is Cc1cccc(NC(=O)C2CCc3nc(N4CCN(C(=O)C(C)C)CC4)sc3C2)c1. The van der Waals surface area contributed by atoms with E-state index in [0.29, 0.717) is 0 Å². The number of piperazine rings is 1. The van der Waals surface area contributed by atoms with E-state index in [-0.39, 0.29) is 23.7 Å². The van der Waals surface area contributed by atoms with E-state index in [4.69, 9.17) is 4.98 Å². The van der Waals surface area contributed by atoms with Gasteiger partial charge in [-0.05, 0) is 43.9 Å². The van der Waals surface area contributed by atoms with Crippen molar-refractivity contribution in [2.45, 2.75) is 40.0 Å². The molecule has 1 aromatic carbocycles. The highest BCUT2D eigenvalue weighted by atomic mass is 32.1. The highest BCUT2D eigenvalue weighted by Gasteiger charge is 2.30. The third-order valence-electron chi connectivity index (χ3n) is 5.94.